The third-order valence-corrected chi connectivity index (χ3v) is 5.09. The first kappa shape index (κ1) is 15.7. The first-order valence-corrected chi connectivity index (χ1v) is 8.61. The molecule has 124 valence electrons. The molecular weight excluding hydrogens is 282 g/mol. The van der Waals surface area contributed by atoms with E-state index in [0.29, 0.717) is 12.5 Å². The number of piperidine rings is 1. The van der Waals surface area contributed by atoms with Gasteiger partial charge in [0.2, 0.25) is 11.8 Å². The summed E-state index contributed by atoms with van der Waals surface area (Å²) in [5.74, 6) is 0.251. The lowest BCUT2D eigenvalue weighted by Crippen LogP contribution is -2.49. The molecule has 0 bridgehead atoms. The molecule has 0 aromatic rings. The van der Waals surface area contributed by atoms with E-state index in [1.165, 1.54) is 0 Å². The van der Waals surface area contributed by atoms with Crippen molar-refractivity contribution in [3.8, 4) is 0 Å². The van der Waals surface area contributed by atoms with Crippen LogP contribution in [0.2, 0.25) is 0 Å². The number of carbonyl (C=O) groups excluding carboxylic acids is 2. The predicted molar refractivity (Wildman–Crippen MR) is 82.4 cm³/mol. The molecule has 3 aliphatic rings. The molecule has 3 rings (SSSR count). The van der Waals surface area contributed by atoms with Gasteiger partial charge in [-0.25, -0.2) is 0 Å². The molecule has 0 radical (unpaired) electrons. The molecule has 0 unspecified atom stereocenters. The summed E-state index contributed by atoms with van der Waals surface area (Å²) in [7, 11) is 0. The van der Waals surface area contributed by atoms with Crippen LogP contribution in [0, 0.1) is 0 Å². The summed E-state index contributed by atoms with van der Waals surface area (Å²) in [4.78, 5) is 30.1. The largest absolute Gasteiger partial charge is 0.380 e. The van der Waals surface area contributed by atoms with Crippen molar-refractivity contribution in [2.75, 3.05) is 52.5 Å². The van der Waals surface area contributed by atoms with E-state index >= 15 is 0 Å². The van der Waals surface area contributed by atoms with Gasteiger partial charge in [-0.3, -0.25) is 14.5 Å². The van der Waals surface area contributed by atoms with Crippen LogP contribution in [-0.2, 0) is 14.3 Å². The second-order valence-corrected chi connectivity index (χ2v) is 6.53. The number of nitrogens with zero attached hydrogens (tertiary/aromatic N) is 3. The summed E-state index contributed by atoms with van der Waals surface area (Å²) in [6.45, 7) is 6.50. The van der Waals surface area contributed by atoms with Gasteiger partial charge < -0.3 is 14.5 Å². The monoisotopic (exact) mass is 309 g/mol. The Balaban J connectivity index is 1.44. The van der Waals surface area contributed by atoms with Crippen LogP contribution < -0.4 is 0 Å². The summed E-state index contributed by atoms with van der Waals surface area (Å²) in [5.41, 5.74) is 0. The average molecular weight is 309 g/mol. The highest BCUT2D eigenvalue weighted by Gasteiger charge is 2.29. The number of ether oxygens (including phenoxy) is 1. The van der Waals surface area contributed by atoms with Gasteiger partial charge in [-0.05, 0) is 25.7 Å². The Kier molecular flexibility index (Phi) is 5.31. The molecule has 2 amide bonds. The van der Waals surface area contributed by atoms with Crippen molar-refractivity contribution >= 4 is 11.8 Å². The Labute approximate surface area is 132 Å². The Morgan fingerprint density at radius 1 is 1.05 bits per heavy atom. The molecule has 0 atom stereocenters. The van der Waals surface area contributed by atoms with E-state index in [4.69, 9.17) is 4.74 Å². The molecule has 3 saturated heterocycles. The van der Waals surface area contributed by atoms with Gasteiger partial charge in [-0.1, -0.05) is 0 Å². The number of rotatable bonds is 3. The first-order chi connectivity index (χ1) is 10.7. The van der Waals surface area contributed by atoms with Gasteiger partial charge in [0.15, 0.2) is 0 Å². The second-order valence-electron chi connectivity index (χ2n) is 6.53. The van der Waals surface area contributed by atoms with E-state index in [9.17, 15) is 9.59 Å². The minimum atomic E-state index is 0.118. The van der Waals surface area contributed by atoms with Crippen molar-refractivity contribution in [3.05, 3.63) is 0 Å². The molecule has 22 heavy (non-hydrogen) atoms. The summed E-state index contributed by atoms with van der Waals surface area (Å²) in [5, 5.41) is 0. The van der Waals surface area contributed by atoms with Crippen molar-refractivity contribution in [2.45, 2.75) is 38.1 Å². The second kappa shape index (κ2) is 7.42. The van der Waals surface area contributed by atoms with Gasteiger partial charge in [0.1, 0.15) is 0 Å². The van der Waals surface area contributed by atoms with Gasteiger partial charge >= 0.3 is 0 Å². The van der Waals surface area contributed by atoms with E-state index in [1.807, 2.05) is 4.90 Å². The summed E-state index contributed by atoms with van der Waals surface area (Å²) >= 11 is 0. The zero-order chi connectivity index (χ0) is 15.4. The van der Waals surface area contributed by atoms with Crippen molar-refractivity contribution in [3.63, 3.8) is 0 Å². The minimum Gasteiger partial charge on any atom is -0.380 e. The Bertz CT molecular complexity index is 399. The Morgan fingerprint density at radius 3 is 2.59 bits per heavy atom. The molecule has 6 heteroatoms. The smallest absolute Gasteiger partial charge is 0.242 e. The van der Waals surface area contributed by atoms with Gasteiger partial charge in [0, 0.05) is 51.8 Å². The normalized spacial score (nSPS) is 25.5. The molecule has 0 spiro atoms. The number of likely N-dealkylation sites (tertiary alicyclic amines) is 2. The van der Waals surface area contributed by atoms with Gasteiger partial charge in [0.05, 0.1) is 13.2 Å². The standard InChI is InChI=1S/C16H27N3O3/c20-15-3-1-6-19(15)13-16(21)18-8-4-14(5-9-18)17-7-2-11-22-12-10-17/h14H,1-13H2. The zero-order valence-corrected chi connectivity index (χ0v) is 13.3. The van der Waals surface area contributed by atoms with Gasteiger partial charge in [0.25, 0.3) is 0 Å². The van der Waals surface area contributed by atoms with Crippen LogP contribution in [0.25, 0.3) is 0 Å². The van der Waals surface area contributed by atoms with Crippen molar-refractivity contribution in [1.82, 2.24) is 14.7 Å². The van der Waals surface area contributed by atoms with Crippen LogP contribution in [0.3, 0.4) is 0 Å². The molecule has 3 fully saturated rings. The molecule has 0 aliphatic carbocycles. The van der Waals surface area contributed by atoms with Crippen LogP contribution in [0.15, 0.2) is 0 Å². The minimum absolute atomic E-state index is 0.118. The summed E-state index contributed by atoms with van der Waals surface area (Å²) in [6.07, 6.45) is 4.69. The number of amides is 2. The van der Waals surface area contributed by atoms with Crippen molar-refractivity contribution in [2.24, 2.45) is 0 Å². The van der Waals surface area contributed by atoms with Gasteiger partial charge in [-0.15, -0.1) is 0 Å². The Hall–Kier alpha value is -1.14. The van der Waals surface area contributed by atoms with Crippen LogP contribution in [-0.4, -0.2) is 85.0 Å². The number of carbonyl (C=O) groups is 2. The first-order valence-electron chi connectivity index (χ1n) is 8.61. The lowest BCUT2D eigenvalue weighted by Gasteiger charge is -2.38. The summed E-state index contributed by atoms with van der Waals surface area (Å²) in [6, 6.07) is 0.583. The quantitative estimate of drug-likeness (QED) is 0.753. The van der Waals surface area contributed by atoms with Crippen LogP contribution in [0.4, 0.5) is 0 Å². The van der Waals surface area contributed by atoms with E-state index in [0.717, 1.165) is 71.6 Å². The maximum atomic E-state index is 12.3. The fourth-order valence-electron chi connectivity index (χ4n) is 3.75. The summed E-state index contributed by atoms with van der Waals surface area (Å²) < 4.78 is 5.52. The van der Waals surface area contributed by atoms with Gasteiger partial charge in [-0.2, -0.15) is 0 Å². The highest BCUT2D eigenvalue weighted by Crippen LogP contribution is 2.19. The fourth-order valence-corrected chi connectivity index (χ4v) is 3.75. The SMILES string of the molecule is O=C(CN1CCCC1=O)N1CCC(N2CCCOCC2)CC1. The molecule has 3 heterocycles. The van der Waals surface area contributed by atoms with Crippen molar-refractivity contribution in [1.29, 1.82) is 0 Å². The lowest BCUT2D eigenvalue weighted by molar-refractivity contribution is -0.139. The van der Waals surface area contributed by atoms with E-state index in [-0.39, 0.29) is 18.4 Å². The predicted octanol–water partition coefficient (Wildman–Crippen LogP) is 0.322. The molecule has 3 aliphatic heterocycles. The molecule has 0 saturated carbocycles. The van der Waals surface area contributed by atoms with E-state index < -0.39 is 0 Å². The van der Waals surface area contributed by atoms with Crippen LogP contribution in [0.5, 0.6) is 0 Å². The van der Waals surface area contributed by atoms with E-state index in [2.05, 4.69) is 4.90 Å². The average Bonchev–Trinajstić information content (AvgIpc) is 2.79. The van der Waals surface area contributed by atoms with Crippen LogP contribution >= 0.6 is 0 Å². The highest BCUT2D eigenvalue weighted by molar-refractivity contribution is 5.85. The molecule has 6 nitrogen and oxygen atoms in total. The molecule has 0 aromatic heterocycles. The topological polar surface area (TPSA) is 53.1 Å². The highest BCUT2D eigenvalue weighted by atomic mass is 16.5. The van der Waals surface area contributed by atoms with Crippen molar-refractivity contribution < 1.29 is 14.3 Å². The zero-order valence-electron chi connectivity index (χ0n) is 13.3. The number of hydrogen-bond acceptors (Lipinski definition) is 4. The molecule has 0 aromatic carbocycles. The number of hydrogen-bond donors (Lipinski definition) is 0. The third-order valence-electron chi connectivity index (χ3n) is 5.09. The third kappa shape index (κ3) is 3.79. The molecular formula is C16H27N3O3. The molecule has 0 N–H and O–H groups in total. The lowest BCUT2D eigenvalue weighted by atomic mass is 10.0. The maximum Gasteiger partial charge on any atom is 0.242 e. The maximum absolute atomic E-state index is 12.3. The fraction of sp³-hybridized carbons (Fsp3) is 0.875. The van der Waals surface area contributed by atoms with E-state index in [1.54, 1.807) is 4.90 Å². The Morgan fingerprint density at radius 2 is 1.86 bits per heavy atom. The van der Waals surface area contributed by atoms with Crippen LogP contribution in [0.1, 0.15) is 32.1 Å².